The number of carbonyl (C=O) groups is 3. The Labute approximate surface area is 285 Å². The number of benzene rings is 3. The third-order valence-electron chi connectivity index (χ3n) is 8.03. The molecule has 0 bridgehead atoms. The van der Waals surface area contributed by atoms with Crippen molar-refractivity contribution in [1.29, 1.82) is 0 Å². The van der Waals surface area contributed by atoms with Crippen molar-refractivity contribution in [1.82, 2.24) is 5.32 Å². The number of hydrogen-bond donors (Lipinski definition) is 3. The molecule has 3 N–H and O–H groups in total. The van der Waals surface area contributed by atoms with Crippen LogP contribution in [-0.2, 0) is 20.8 Å². The first-order valence-corrected chi connectivity index (χ1v) is 16.1. The summed E-state index contributed by atoms with van der Waals surface area (Å²) in [6, 6.07) is 22.6. The summed E-state index contributed by atoms with van der Waals surface area (Å²) in [6.45, 7) is 11.4. The van der Waals surface area contributed by atoms with Crippen molar-refractivity contribution in [3.63, 3.8) is 0 Å². The van der Waals surface area contributed by atoms with E-state index in [1.165, 1.54) is 0 Å². The molecule has 0 saturated carbocycles. The molecule has 49 heavy (non-hydrogen) atoms. The quantitative estimate of drug-likeness (QED) is 0.164. The Balaban J connectivity index is 1.24. The van der Waals surface area contributed by atoms with Gasteiger partial charge >= 0.3 is 12.1 Å². The Kier molecular flexibility index (Phi) is 10.4. The number of anilines is 1. The van der Waals surface area contributed by atoms with Crippen LogP contribution in [0.5, 0.6) is 0 Å². The molecule has 3 aromatic carbocycles. The lowest BCUT2D eigenvalue weighted by Crippen LogP contribution is -2.42. The average Bonchev–Trinajstić information content (AvgIpc) is 3.45. The van der Waals surface area contributed by atoms with Gasteiger partial charge < -0.3 is 24.4 Å². The van der Waals surface area contributed by atoms with E-state index in [1.54, 1.807) is 45.0 Å². The van der Waals surface area contributed by atoms with Crippen molar-refractivity contribution in [2.75, 3.05) is 5.32 Å². The maximum atomic E-state index is 13.0. The van der Waals surface area contributed by atoms with Gasteiger partial charge in [-0.15, -0.1) is 0 Å². The van der Waals surface area contributed by atoms with Crippen molar-refractivity contribution >= 4 is 35.1 Å². The maximum absolute atomic E-state index is 13.0. The van der Waals surface area contributed by atoms with Crippen LogP contribution in [0.2, 0.25) is 0 Å². The number of aliphatic carboxylic acids is 1. The monoisotopic (exact) mass is 663 g/mol. The van der Waals surface area contributed by atoms with Crippen molar-refractivity contribution in [2.45, 2.75) is 66.0 Å². The molecule has 0 radical (unpaired) electrons. The molecule has 0 fully saturated rings. The van der Waals surface area contributed by atoms with Crippen LogP contribution in [0.3, 0.4) is 0 Å². The topological polar surface area (TPSA) is 139 Å². The number of nitrogens with zero attached hydrogens (tertiary/aromatic N) is 1. The lowest BCUT2D eigenvalue weighted by Gasteiger charge is -2.19. The van der Waals surface area contributed by atoms with Gasteiger partial charge in [0.25, 0.3) is 5.91 Å². The first kappa shape index (κ1) is 34.7. The molecular formula is C39H41N3O7. The fourth-order valence-corrected chi connectivity index (χ4v) is 5.50. The van der Waals surface area contributed by atoms with Crippen molar-refractivity contribution in [3.8, 4) is 11.3 Å². The molecule has 2 unspecified atom stereocenters. The average molecular weight is 664 g/mol. The lowest BCUT2D eigenvalue weighted by atomic mass is 9.90. The Morgan fingerprint density at radius 1 is 0.959 bits per heavy atom. The van der Waals surface area contributed by atoms with E-state index in [2.05, 4.69) is 22.7 Å². The van der Waals surface area contributed by atoms with Crippen LogP contribution in [0.1, 0.15) is 72.5 Å². The highest BCUT2D eigenvalue weighted by atomic mass is 16.6. The molecular weight excluding hydrogens is 622 g/mol. The summed E-state index contributed by atoms with van der Waals surface area (Å²) in [5, 5.41) is 19.8. The van der Waals surface area contributed by atoms with Crippen LogP contribution >= 0.6 is 0 Å². The van der Waals surface area contributed by atoms with Crippen LogP contribution in [0, 0.1) is 19.8 Å². The van der Waals surface area contributed by atoms with E-state index < -0.39 is 29.6 Å². The van der Waals surface area contributed by atoms with Crippen LogP contribution in [0.4, 0.5) is 10.5 Å². The molecule has 1 aliphatic heterocycles. The van der Waals surface area contributed by atoms with Gasteiger partial charge in [0.2, 0.25) is 0 Å². The molecule has 10 nitrogen and oxygen atoms in total. The highest BCUT2D eigenvalue weighted by Gasteiger charge is 2.25. The summed E-state index contributed by atoms with van der Waals surface area (Å²) in [5.74, 6) is -0.534. The standard InChI is InChI=1S/C39H41N3O7/c1-23-9-7-8-10-29(23)33-19-20-34(47-33)36(43)41-31(37(44)45)22-26-12-17-30(25(3)21-26)35-24(2)11-18-32(49-42-35)27-13-15-28(16-14-27)40-38(46)48-39(4,5)6/h7-10,12-21,24,31H,11,22H2,1-6H3,(H,40,46)(H,41,43)(H,44,45). The molecule has 0 spiro atoms. The summed E-state index contributed by atoms with van der Waals surface area (Å²) in [5.41, 5.74) is 5.97. The number of oxime groups is 1. The number of carboxylic acids is 1. The molecule has 0 saturated heterocycles. The number of nitrogens with one attached hydrogen (secondary N) is 2. The van der Waals surface area contributed by atoms with Gasteiger partial charge in [0, 0.05) is 34.7 Å². The van der Waals surface area contributed by atoms with Crippen molar-refractivity contribution in [3.05, 3.63) is 119 Å². The Morgan fingerprint density at radius 2 is 1.69 bits per heavy atom. The Hall–Kier alpha value is -5.64. The minimum Gasteiger partial charge on any atom is -0.480 e. The van der Waals surface area contributed by atoms with Gasteiger partial charge in [-0.3, -0.25) is 10.1 Å². The van der Waals surface area contributed by atoms with Gasteiger partial charge in [-0.05, 0) is 100 Å². The van der Waals surface area contributed by atoms with Gasteiger partial charge in [-0.25, -0.2) is 9.59 Å². The Morgan fingerprint density at radius 3 is 2.37 bits per heavy atom. The van der Waals surface area contributed by atoms with Crippen molar-refractivity contribution < 1.29 is 33.5 Å². The highest BCUT2D eigenvalue weighted by molar-refractivity contribution is 6.03. The number of carbonyl (C=O) groups excluding carboxylic acids is 2. The number of allylic oxidation sites excluding steroid dienone is 1. The van der Waals surface area contributed by atoms with E-state index in [9.17, 15) is 19.5 Å². The van der Waals surface area contributed by atoms with Crippen LogP contribution < -0.4 is 10.6 Å². The number of furan rings is 1. The second kappa shape index (κ2) is 14.6. The number of amides is 2. The Bertz CT molecular complexity index is 1920. The highest BCUT2D eigenvalue weighted by Crippen LogP contribution is 2.28. The van der Waals surface area contributed by atoms with Crippen LogP contribution in [0.25, 0.3) is 17.1 Å². The zero-order chi connectivity index (χ0) is 35.3. The summed E-state index contributed by atoms with van der Waals surface area (Å²) < 4.78 is 11.1. The predicted molar refractivity (Wildman–Crippen MR) is 188 cm³/mol. The zero-order valence-electron chi connectivity index (χ0n) is 28.5. The molecule has 254 valence electrons. The second-order valence-corrected chi connectivity index (χ2v) is 13.2. The molecule has 5 rings (SSSR count). The third kappa shape index (κ3) is 8.84. The minimum atomic E-state index is -1.17. The fourth-order valence-electron chi connectivity index (χ4n) is 5.50. The molecule has 1 aromatic heterocycles. The first-order chi connectivity index (χ1) is 23.3. The summed E-state index contributed by atoms with van der Waals surface area (Å²) >= 11 is 0. The molecule has 0 aliphatic carbocycles. The number of ether oxygens (including phenoxy) is 1. The molecule has 1 aliphatic rings. The number of carboxylic acid groups (broad SMARTS) is 1. The summed E-state index contributed by atoms with van der Waals surface area (Å²) in [7, 11) is 0. The third-order valence-corrected chi connectivity index (χ3v) is 8.03. The van der Waals surface area contributed by atoms with Gasteiger partial charge in [-0.2, -0.15) is 0 Å². The number of rotatable bonds is 9. The number of hydrogen-bond acceptors (Lipinski definition) is 7. The fraction of sp³-hybridized carbons (Fsp3) is 0.282. The normalized spacial score (nSPS) is 15.2. The molecule has 4 aromatic rings. The smallest absolute Gasteiger partial charge is 0.412 e. The van der Waals surface area contributed by atoms with Gasteiger partial charge in [0.1, 0.15) is 17.4 Å². The molecule has 2 amide bonds. The molecule has 10 heteroatoms. The first-order valence-electron chi connectivity index (χ1n) is 16.1. The van der Waals surface area contributed by atoms with E-state index in [0.29, 0.717) is 23.6 Å². The van der Waals surface area contributed by atoms with E-state index in [-0.39, 0.29) is 18.1 Å². The molecule has 2 atom stereocenters. The van der Waals surface area contributed by atoms with Crippen LogP contribution in [0.15, 0.2) is 94.5 Å². The maximum Gasteiger partial charge on any atom is 0.412 e. The zero-order valence-corrected chi connectivity index (χ0v) is 28.5. The van der Waals surface area contributed by atoms with E-state index in [4.69, 9.17) is 14.0 Å². The largest absolute Gasteiger partial charge is 0.480 e. The lowest BCUT2D eigenvalue weighted by molar-refractivity contribution is -0.139. The summed E-state index contributed by atoms with van der Waals surface area (Å²) in [4.78, 5) is 43.2. The van der Waals surface area contributed by atoms with Gasteiger partial charge in [0.15, 0.2) is 11.5 Å². The second-order valence-electron chi connectivity index (χ2n) is 13.2. The van der Waals surface area contributed by atoms with E-state index in [0.717, 1.165) is 39.1 Å². The van der Waals surface area contributed by atoms with E-state index >= 15 is 0 Å². The summed E-state index contributed by atoms with van der Waals surface area (Å²) in [6.07, 6.45) is 2.22. The minimum absolute atomic E-state index is 0.0396. The van der Waals surface area contributed by atoms with Gasteiger partial charge in [0.05, 0.1) is 5.71 Å². The van der Waals surface area contributed by atoms with E-state index in [1.807, 2.05) is 74.5 Å². The SMILES string of the molecule is Cc1cc(CC(NC(=O)c2ccc(-c3ccccc3C)o2)C(=O)O)ccc1C1=NOC(c2ccc(NC(=O)OC(C)(C)C)cc2)=CCC1C. The predicted octanol–water partition coefficient (Wildman–Crippen LogP) is 8.14. The van der Waals surface area contributed by atoms with Gasteiger partial charge in [-0.1, -0.05) is 54.5 Å². The number of aryl methyl sites for hydroxylation is 2. The van der Waals surface area contributed by atoms with Crippen molar-refractivity contribution in [2.24, 2.45) is 11.1 Å². The molecule has 2 heterocycles. The van der Waals surface area contributed by atoms with Crippen LogP contribution in [-0.4, -0.2) is 40.4 Å².